The molecule has 0 aliphatic heterocycles. The van der Waals surface area contributed by atoms with E-state index in [1.807, 2.05) is 12.1 Å². The first-order valence-electron chi connectivity index (χ1n) is 5.91. The molecule has 19 heavy (non-hydrogen) atoms. The van der Waals surface area contributed by atoms with Crippen LogP contribution in [0.15, 0.2) is 35.1 Å². The molecule has 0 unspecified atom stereocenters. The number of hydrogen-bond acceptors (Lipinski definition) is 2. The van der Waals surface area contributed by atoms with Gasteiger partial charge in [-0.3, -0.25) is 14.7 Å². The molecule has 5 nitrogen and oxygen atoms in total. The highest BCUT2D eigenvalue weighted by molar-refractivity contribution is 6.30. The summed E-state index contributed by atoms with van der Waals surface area (Å²) < 4.78 is 0. The van der Waals surface area contributed by atoms with Crippen LogP contribution in [0.4, 0.5) is 0 Å². The summed E-state index contributed by atoms with van der Waals surface area (Å²) in [6, 6.07) is 8.83. The molecule has 1 heterocycles. The Kier molecular flexibility index (Phi) is 4.41. The molecule has 0 aliphatic rings. The van der Waals surface area contributed by atoms with E-state index in [2.05, 4.69) is 15.5 Å². The van der Waals surface area contributed by atoms with Gasteiger partial charge in [-0.2, -0.15) is 0 Å². The predicted octanol–water partition coefficient (Wildman–Crippen LogP) is 1.61. The van der Waals surface area contributed by atoms with Crippen LogP contribution in [-0.2, 0) is 17.8 Å². The number of aryl methyl sites for hydroxylation is 1. The standard InChI is InChI=1S/C13H14ClN3O2/c14-10-4-1-9(2-5-10)3-6-12(18)15-8-11-7-13(19)17-16-11/h1-2,4-5,7H,3,6,8H2,(H,15,18)(H2,16,17,19). The Bertz CT molecular complexity index is 601. The van der Waals surface area contributed by atoms with E-state index in [4.69, 9.17) is 11.6 Å². The molecule has 0 radical (unpaired) electrons. The molecule has 0 atom stereocenters. The minimum absolute atomic E-state index is 0.0583. The van der Waals surface area contributed by atoms with Crippen LogP contribution in [-0.4, -0.2) is 16.1 Å². The van der Waals surface area contributed by atoms with Crippen LogP contribution in [0.25, 0.3) is 0 Å². The molecule has 2 aromatic rings. The highest BCUT2D eigenvalue weighted by Gasteiger charge is 2.03. The molecule has 2 rings (SSSR count). The average Bonchev–Trinajstić information content (AvgIpc) is 2.81. The van der Waals surface area contributed by atoms with Crippen LogP contribution >= 0.6 is 11.6 Å². The van der Waals surface area contributed by atoms with Gasteiger partial charge < -0.3 is 10.4 Å². The number of aromatic nitrogens is 2. The van der Waals surface area contributed by atoms with E-state index < -0.39 is 0 Å². The highest BCUT2D eigenvalue weighted by Crippen LogP contribution is 2.10. The van der Waals surface area contributed by atoms with Gasteiger partial charge in [-0.1, -0.05) is 23.7 Å². The van der Waals surface area contributed by atoms with Gasteiger partial charge in [0.05, 0.1) is 12.2 Å². The molecule has 0 aliphatic carbocycles. The monoisotopic (exact) mass is 279 g/mol. The van der Waals surface area contributed by atoms with Crippen molar-refractivity contribution in [3.05, 3.63) is 57.0 Å². The number of amides is 1. The Balaban J connectivity index is 1.75. The summed E-state index contributed by atoms with van der Waals surface area (Å²) in [6.07, 6.45) is 1.06. The van der Waals surface area contributed by atoms with Gasteiger partial charge in [-0.05, 0) is 24.1 Å². The van der Waals surface area contributed by atoms with E-state index in [-0.39, 0.29) is 11.5 Å². The zero-order valence-corrected chi connectivity index (χ0v) is 11.0. The van der Waals surface area contributed by atoms with E-state index in [1.54, 1.807) is 12.1 Å². The van der Waals surface area contributed by atoms with Crippen molar-refractivity contribution in [3.63, 3.8) is 0 Å². The number of rotatable bonds is 5. The van der Waals surface area contributed by atoms with Gasteiger partial charge in [-0.25, -0.2) is 0 Å². The zero-order chi connectivity index (χ0) is 13.7. The Morgan fingerprint density at radius 3 is 2.58 bits per heavy atom. The topological polar surface area (TPSA) is 77.8 Å². The molecular weight excluding hydrogens is 266 g/mol. The summed E-state index contributed by atoms with van der Waals surface area (Å²) in [7, 11) is 0. The van der Waals surface area contributed by atoms with Gasteiger partial charge in [0.15, 0.2) is 0 Å². The third kappa shape index (κ3) is 4.30. The Labute approximate surface area is 115 Å². The fraction of sp³-hybridized carbons (Fsp3) is 0.231. The minimum Gasteiger partial charge on any atom is -0.350 e. The van der Waals surface area contributed by atoms with E-state index in [1.165, 1.54) is 6.07 Å². The summed E-state index contributed by atoms with van der Waals surface area (Å²) >= 11 is 5.78. The van der Waals surface area contributed by atoms with E-state index in [9.17, 15) is 9.59 Å². The lowest BCUT2D eigenvalue weighted by molar-refractivity contribution is -0.121. The number of aromatic amines is 2. The summed E-state index contributed by atoms with van der Waals surface area (Å²) in [5.41, 5.74) is 1.52. The minimum atomic E-state index is -0.203. The molecule has 1 aromatic carbocycles. The fourth-order valence-corrected chi connectivity index (χ4v) is 1.78. The first-order chi connectivity index (χ1) is 9.13. The number of benzene rings is 1. The van der Waals surface area contributed by atoms with Gasteiger partial charge in [0.25, 0.3) is 5.56 Å². The van der Waals surface area contributed by atoms with Gasteiger partial charge in [0, 0.05) is 17.5 Å². The smallest absolute Gasteiger partial charge is 0.264 e. The van der Waals surface area contributed by atoms with Gasteiger partial charge in [0.2, 0.25) is 5.91 Å². The maximum atomic E-state index is 11.6. The number of nitrogens with one attached hydrogen (secondary N) is 3. The second kappa shape index (κ2) is 6.24. The van der Waals surface area contributed by atoms with Crippen LogP contribution in [0.5, 0.6) is 0 Å². The lowest BCUT2D eigenvalue weighted by Gasteiger charge is -2.04. The largest absolute Gasteiger partial charge is 0.350 e. The van der Waals surface area contributed by atoms with Crippen molar-refractivity contribution >= 4 is 17.5 Å². The third-order valence-electron chi connectivity index (χ3n) is 2.68. The summed E-state index contributed by atoms with van der Waals surface area (Å²) in [5.74, 6) is -0.0583. The number of halogens is 1. The summed E-state index contributed by atoms with van der Waals surface area (Å²) in [5, 5.41) is 8.51. The molecule has 6 heteroatoms. The van der Waals surface area contributed by atoms with Crippen LogP contribution < -0.4 is 10.9 Å². The van der Waals surface area contributed by atoms with Gasteiger partial charge in [0.1, 0.15) is 0 Å². The molecule has 100 valence electrons. The first-order valence-corrected chi connectivity index (χ1v) is 6.29. The quantitative estimate of drug-likeness (QED) is 0.777. The van der Waals surface area contributed by atoms with Crippen LogP contribution in [0.3, 0.4) is 0 Å². The first kappa shape index (κ1) is 13.4. The molecular formula is C13H14ClN3O2. The van der Waals surface area contributed by atoms with Gasteiger partial charge in [-0.15, -0.1) is 0 Å². The molecule has 0 saturated carbocycles. The van der Waals surface area contributed by atoms with Crippen molar-refractivity contribution in [1.82, 2.24) is 15.5 Å². The average molecular weight is 280 g/mol. The molecule has 0 spiro atoms. The van der Waals surface area contributed by atoms with Crippen LogP contribution in [0.1, 0.15) is 17.7 Å². The van der Waals surface area contributed by atoms with E-state index in [0.717, 1.165) is 5.56 Å². The normalized spacial score (nSPS) is 10.4. The molecule has 3 N–H and O–H groups in total. The third-order valence-corrected chi connectivity index (χ3v) is 2.93. The molecule has 0 fully saturated rings. The lowest BCUT2D eigenvalue weighted by Crippen LogP contribution is -2.23. The zero-order valence-electron chi connectivity index (χ0n) is 10.2. The number of carbonyl (C=O) groups excluding carboxylic acids is 1. The van der Waals surface area contributed by atoms with Crippen molar-refractivity contribution in [1.29, 1.82) is 0 Å². The second-order valence-electron chi connectivity index (χ2n) is 4.19. The van der Waals surface area contributed by atoms with E-state index in [0.29, 0.717) is 30.1 Å². The van der Waals surface area contributed by atoms with Crippen molar-refractivity contribution in [2.75, 3.05) is 0 Å². The van der Waals surface area contributed by atoms with Crippen molar-refractivity contribution in [3.8, 4) is 0 Å². The Morgan fingerprint density at radius 1 is 1.21 bits per heavy atom. The molecule has 0 saturated heterocycles. The SMILES string of the molecule is O=C(CCc1ccc(Cl)cc1)NCc1cc(=O)[nH][nH]1. The summed E-state index contributed by atoms with van der Waals surface area (Å²) in [4.78, 5) is 22.5. The lowest BCUT2D eigenvalue weighted by atomic mass is 10.1. The highest BCUT2D eigenvalue weighted by atomic mass is 35.5. The van der Waals surface area contributed by atoms with E-state index >= 15 is 0 Å². The Morgan fingerprint density at radius 2 is 1.95 bits per heavy atom. The predicted molar refractivity (Wildman–Crippen MR) is 73.0 cm³/mol. The van der Waals surface area contributed by atoms with Crippen LogP contribution in [0.2, 0.25) is 5.02 Å². The maximum absolute atomic E-state index is 11.6. The molecule has 1 amide bonds. The Hall–Kier alpha value is -2.01. The van der Waals surface area contributed by atoms with Crippen LogP contribution in [0, 0.1) is 0 Å². The molecule has 0 bridgehead atoms. The fourth-order valence-electron chi connectivity index (χ4n) is 1.66. The number of H-pyrrole nitrogens is 2. The maximum Gasteiger partial charge on any atom is 0.264 e. The number of hydrogen-bond donors (Lipinski definition) is 3. The van der Waals surface area contributed by atoms with Crippen molar-refractivity contribution in [2.24, 2.45) is 0 Å². The van der Waals surface area contributed by atoms with Crippen molar-refractivity contribution < 1.29 is 4.79 Å². The number of carbonyl (C=O) groups is 1. The molecule has 1 aromatic heterocycles. The second-order valence-corrected chi connectivity index (χ2v) is 4.62. The van der Waals surface area contributed by atoms with Gasteiger partial charge >= 0.3 is 0 Å². The van der Waals surface area contributed by atoms with Crippen molar-refractivity contribution in [2.45, 2.75) is 19.4 Å². The summed E-state index contributed by atoms with van der Waals surface area (Å²) in [6.45, 7) is 0.318.